The Labute approximate surface area is 198 Å². The molecule has 1 saturated carbocycles. The van der Waals surface area contributed by atoms with Crippen molar-refractivity contribution in [1.29, 1.82) is 0 Å². The molecule has 1 unspecified atom stereocenters. The first-order chi connectivity index (χ1) is 16.0. The molecule has 0 saturated heterocycles. The molecule has 176 valence electrons. The van der Waals surface area contributed by atoms with Crippen LogP contribution in [0.5, 0.6) is 5.75 Å². The molecule has 1 aromatic heterocycles. The third-order valence-electron chi connectivity index (χ3n) is 7.06. The lowest BCUT2D eigenvalue weighted by Gasteiger charge is -2.30. The highest BCUT2D eigenvalue weighted by molar-refractivity contribution is 5.86. The number of hydrogen-bond acceptors (Lipinski definition) is 2. The zero-order valence-electron chi connectivity index (χ0n) is 20.3. The lowest BCUT2D eigenvalue weighted by atomic mass is 9.75. The molecule has 1 atom stereocenters. The average Bonchev–Trinajstić information content (AvgIpc) is 3.20. The number of fused-ring (bicyclic) bond motifs is 1. The van der Waals surface area contributed by atoms with Gasteiger partial charge in [-0.15, -0.1) is 0 Å². The van der Waals surface area contributed by atoms with E-state index in [0.717, 1.165) is 18.8 Å². The van der Waals surface area contributed by atoms with Crippen molar-refractivity contribution < 1.29 is 9.53 Å². The Kier molecular flexibility index (Phi) is 7.74. The molecule has 1 fully saturated rings. The predicted molar refractivity (Wildman–Crippen MR) is 136 cm³/mol. The lowest BCUT2D eigenvalue weighted by molar-refractivity contribution is -0.122. The van der Waals surface area contributed by atoms with Crippen molar-refractivity contribution in [2.75, 3.05) is 13.7 Å². The van der Waals surface area contributed by atoms with Crippen molar-refractivity contribution >= 4 is 16.8 Å². The lowest BCUT2D eigenvalue weighted by Crippen LogP contribution is -2.30. The second-order valence-corrected chi connectivity index (χ2v) is 9.98. The molecule has 4 heteroatoms. The van der Waals surface area contributed by atoms with Gasteiger partial charge in [-0.05, 0) is 59.9 Å². The first kappa shape index (κ1) is 23.4. The van der Waals surface area contributed by atoms with Crippen molar-refractivity contribution in [3.63, 3.8) is 0 Å². The Hall–Kier alpha value is -2.75. The van der Waals surface area contributed by atoms with Gasteiger partial charge in [0.1, 0.15) is 5.75 Å². The number of rotatable bonds is 9. The number of nitrogens with one attached hydrogen (secondary N) is 1. The molecule has 0 spiro atoms. The first-order valence-electron chi connectivity index (χ1n) is 12.5. The van der Waals surface area contributed by atoms with E-state index >= 15 is 0 Å². The summed E-state index contributed by atoms with van der Waals surface area (Å²) >= 11 is 0. The number of carbonyl (C=O) groups excluding carboxylic acids is 1. The maximum Gasteiger partial charge on any atom is 0.220 e. The number of para-hydroxylation sites is 1. The maximum absolute atomic E-state index is 12.9. The summed E-state index contributed by atoms with van der Waals surface area (Å²) in [6.45, 7) is 5.84. The van der Waals surface area contributed by atoms with Crippen LogP contribution in [-0.2, 0) is 11.3 Å². The van der Waals surface area contributed by atoms with Crippen LogP contribution in [0, 0.1) is 11.8 Å². The van der Waals surface area contributed by atoms with Crippen LogP contribution < -0.4 is 10.1 Å². The minimum atomic E-state index is 0.186. The summed E-state index contributed by atoms with van der Waals surface area (Å²) in [5, 5.41) is 4.46. The molecule has 1 heterocycles. The van der Waals surface area contributed by atoms with Crippen molar-refractivity contribution in [3.05, 3.63) is 65.9 Å². The zero-order valence-corrected chi connectivity index (χ0v) is 20.3. The van der Waals surface area contributed by atoms with Gasteiger partial charge in [-0.2, -0.15) is 0 Å². The predicted octanol–water partition coefficient (Wildman–Crippen LogP) is 6.52. The van der Waals surface area contributed by atoms with Gasteiger partial charge in [0.2, 0.25) is 5.91 Å². The van der Waals surface area contributed by atoms with E-state index in [1.165, 1.54) is 54.1 Å². The number of methoxy groups -OCH3 is 1. The minimum absolute atomic E-state index is 0.186. The number of nitrogens with zero attached hydrogens (tertiary/aromatic N) is 1. The molecule has 2 aromatic carbocycles. The van der Waals surface area contributed by atoms with E-state index in [-0.39, 0.29) is 11.8 Å². The summed E-state index contributed by atoms with van der Waals surface area (Å²) in [5.41, 5.74) is 3.82. The molecule has 4 rings (SSSR count). The van der Waals surface area contributed by atoms with E-state index in [1.807, 2.05) is 12.1 Å². The highest BCUT2D eigenvalue weighted by Crippen LogP contribution is 2.41. The fraction of sp³-hybridized carbons (Fsp3) is 0.483. The maximum atomic E-state index is 12.9. The monoisotopic (exact) mass is 446 g/mol. The second-order valence-electron chi connectivity index (χ2n) is 9.98. The van der Waals surface area contributed by atoms with Crippen molar-refractivity contribution in [1.82, 2.24) is 9.88 Å². The summed E-state index contributed by atoms with van der Waals surface area (Å²) in [7, 11) is 1.70. The largest absolute Gasteiger partial charge is 0.497 e. The summed E-state index contributed by atoms with van der Waals surface area (Å²) in [5.74, 6) is 2.37. The topological polar surface area (TPSA) is 43.3 Å². The van der Waals surface area contributed by atoms with Crippen LogP contribution in [0.25, 0.3) is 10.9 Å². The fourth-order valence-corrected chi connectivity index (χ4v) is 5.29. The van der Waals surface area contributed by atoms with Crippen LogP contribution in [0.2, 0.25) is 0 Å². The number of carbonyl (C=O) groups is 1. The fourth-order valence-electron chi connectivity index (χ4n) is 5.29. The number of amides is 1. The van der Waals surface area contributed by atoms with Crippen molar-refractivity contribution in [2.24, 2.45) is 11.8 Å². The highest BCUT2D eigenvalue weighted by atomic mass is 16.5. The number of ether oxygens (including phenoxy) is 1. The van der Waals surface area contributed by atoms with Gasteiger partial charge in [-0.1, -0.05) is 63.4 Å². The van der Waals surface area contributed by atoms with Crippen molar-refractivity contribution in [2.45, 2.75) is 64.8 Å². The van der Waals surface area contributed by atoms with Gasteiger partial charge in [0.25, 0.3) is 0 Å². The van der Waals surface area contributed by atoms with E-state index in [9.17, 15) is 4.79 Å². The third kappa shape index (κ3) is 5.79. The molecule has 1 N–H and O–H groups in total. The van der Waals surface area contributed by atoms with E-state index in [1.54, 1.807) is 7.11 Å². The van der Waals surface area contributed by atoms with Gasteiger partial charge >= 0.3 is 0 Å². The van der Waals surface area contributed by atoms with E-state index in [4.69, 9.17) is 4.74 Å². The Morgan fingerprint density at radius 3 is 2.48 bits per heavy atom. The van der Waals surface area contributed by atoms with Crippen LogP contribution in [0.15, 0.2) is 54.7 Å². The standard InChI is InChI=1S/C29H38N2O2/c1-21(2)18-30-29(32)17-26(23-9-5-4-6-10-23)27-20-31(28-12-8-7-11-25(27)28)19-22-13-15-24(33-3)16-14-22/h7-8,11-16,20-21,23,26H,4-6,9-10,17-19H2,1-3H3,(H,30,32). The highest BCUT2D eigenvalue weighted by Gasteiger charge is 2.29. The molecular weight excluding hydrogens is 408 g/mol. The SMILES string of the molecule is COc1ccc(Cn2cc(C(CC(=O)NCC(C)C)C3CCCCC3)c3ccccc32)cc1. The molecule has 0 aliphatic heterocycles. The summed E-state index contributed by atoms with van der Waals surface area (Å²) in [4.78, 5) is 12.9. The number of hydrogen-bond donors (Lipinski definition) is 1. The molecule has 3 aromatic rings. The molecule has 4 nitrogen and oxygen atoms in total. The van der Waals surface area contributed by atoms with E-state index < -0.39 is 0 Å². The Morgan fingerprint density at radius 1 is 1.06 bits per heavy atom. The molecular formula is C29H38N2O2. The van der Waals surface area contributed by atoms with Crippen LogP contribution in [0.3, 0.4) is 0 Å². The van der Waals surface area contributed by atoms with Crippen molar-refractivity contribution in [3.8, 4) is 5.75 Å². The Bertz CT molecular complexity index is 1050. The van der Waals surface area contributed by atoms with Crippen LogP contribution in [0.1, 0.15) is 69.4 Å². The normalized spacial score (nSPS) is 15.6. The summed E-state index contributed by atoms with van der Waals surface area (Å²) in [6.07, 6.45) is 9.22. The van der Waals surface area contributed by atoms with E-state index in [0.29, 0.717) is 18.3 Å². The van der Waals surface area contributed by atoms with Gasteiger partial charge in [-0.25, -0.2) is 0 Å². The smallest absolute Gasteiger partial charge is 0.220 e. The molecule has 0 radical (unpaired) electrons. The number of aromatic nitrogens is 1. The third-order valence-corrected chi connectivity index (χ3v) is 7.06. The molecule has 0 bridgehead atoms. The van der Waals surface area contributed by atoms with Gasteiger partial charge in [0.05, 0.1) is 7.11 Å². The number of benzene rings is 2. The average molecular weight is 447 g/mol. The van der Waals surface area contributed by atoms with Gasteiger partial charge < -0.3 is 14.6 Å². The van der Waals surface area contributed by atoms with Gasteiger partial charge in [0.15, 0.2) is 0 Å². The van der Waals surface area contributed by atoms with Crippen LogP contribution in [0.4, 0.5) is 0 Å². The first-order valence-corrected chi connectivity index (χ1v) is 12.5. The Morgan fingerprint density at radius 2 is 1.79 bits per heavy atom. The zero-order chi connectivity index (χ0) is 23.2. The summed E-state index contributed by atoms with van der Waals surface area (Å²) in [6, 6.07) is 17.0. The molecule has 1 amide bonds. The summed E-state index contributed by atoms with van der Waals surface area (Å²) < 4.78 is 7.67. The molecule has 33 heavy (non-hydrogen) atoms. The van der Waals surface area contributed by atoms with Crippen LogP contribution >= 0.6 is 0 Å². The van der Waals surface area contributed by atoms with E-state index in [2.05, 4.69) is 66.3 Å². The molecule has 1 aliphatic carbocycles. The van der Waals surface area contributed by atoms with Gasteiger partial charge in [-0.3, -0.25) is 4.79 Å². The minimum Gasteiger partial charge on any atom is -0.497 e. The van der Waals surface area contributed by atoms with Gasteiger partial charge in [0, 0.05) is 36.6 Å². The Balaban J connectivity index is 1.66. The quantitative estimate of drug-likeness (QED) is 0.406. The second kappa shape index (κ2) is 10.9. The van der Waals surface area contributed by atoms with Crippen LogP contribution in [-0.4, -0.2) is 24.1 Å². The molecule has 1 aliphatic rings.